The van der Waals surface area contributed by atoms with Crippen molar-refractivity contribution in [2.75, 3.05) is 0 Å². The van der Waals surface area contributed by atoms with Gasteiger partial charge in [0.25, 0.3) is 5.24 Å². The van der Waals surface area contributed by atoms with E-state index >= 15 is 0 Å². The van der Waals surface area contributed by atoms with Crippen LogP contribution >= 0.6 is 22.9 Å². The van der Waals surface area contributed by atoms with Crippen molar-refractivity contribution in [1.82, 2.24) is 0 Å². The van der Waals surface area contributed by atoms with E-state index in [1.54, 1.807) is 11.3 Å². The van der Waals surface area contributed by atoms with Gasteiger partial charge >= 0.3 is 0 Å². The molecule has 0 radical (unpaired) electrons. The summed E-state index contributed by atoms with van der Waals surface area (Å²) >= 11 is 7.44. The second-order valence-corrected chi connectivity index (χ2v) is 6.14. The molecule has 0 fully saturated rings. The molecule has 1 aromatic heterocycles. The summed E-state index contributed by atoms with van der Waals surface area (Å²) in [6, 6.07) is 18.2. The highest BCUT2D eigenvalue weighted by Crippen LogP contribution is 2.39. The number of carbonyl (C=O) groups excluding carboxylic acids is 1. The molecule has 0 N–H and O–H groups in total. The van der Waals surface area contributed by atoms with Gasteiger partial charge in [-0.2, -0.15) is 0 Å². The molecular formula is C17H9ClOS. The van der Waals surface area contributed by atoms with Gasteiger partial charge < -0.3 is 0 Å². The van der Waals surface area contributed by atoms with Crippen LogP contribution in [0.25, 0.3) is 30.9 Å². The Morgan fingerprint density at radius 3 is 2.25 bits per heavy atom. The second-order valence-electron chi connectivity index (χ2n) is 4.71. The van der Waals surface area contributed by atoms with Crippen LogP contribution in [0.4, 0.5) is 0 Å². The number of thiophene rings is 1. The minimum atomic E-state index is -0.402. The molecule has 4 rings (SSSR count). The van der Waals surface area contributed by atoms with E-state index in [0.29, 0.717) is 5.56 Å². The molecule has 0 bridgehead atoms. The van der Waals surface area contributed by atoms with Gasteiger partial charge in [-0.15, -0.1) is 11.3 Å². The maximum absolute atomic E-state index is 11.7. The first kappa shape index (κ1) is 11.9. The Morgan fingerprint density at radius 1 is 0.850 bits per heavy atom. The Morgan fingerprint density at radius 2 is 1.50 bits per heavy atom. The third kappa shape index (κ3) is 1.59. The van der Waals surface area contributed by atoms with Crippen LogP contribution in [0.2, 0.25) is 0 Å². The average Bonchev–Trinajstić information content (AvgIpc) is 2.84. The summed E-state index contributed by atoms with van der Waals surface area (Å²) in [6.45, 7) is 0. The van der Waals surface area contributed by atoms with Crippen LogP contribution in [-0.2, 0) is 0 Å². The third-order valence-electron chi connectivity index (χ3n) is 3.60. The van der Waals surface area contributed by atoms with Crippen molar-refractivity contribution in [3.63, 3.8) is 0 Å². The van der Waals surface area contributed by atoms with Crippen LogP contribution in [-0.4, -0.2) is 5.24 Å². The first-order valence-corrected chi connectivity index (χ1v) is 7.48. The maximum Gasteiger partial charge on any atom is 0.253 e. The van der Waals surface area contributed by atoms with Gasteiger partial charge in [0.1, 0.15) is 0 Å². The smallest absolute Gasteiger partial charge is 0.253 e. The molecule has 0 atom stereocenters. The van der Waals surface area contributed by atoms with Gasteiger partial charge in [0.2, 0.25) is 0 Å². The van der Waals surface area contributed by atoms with Crippen LogP contribution in [0.1, 0.15) is 10.4 Å². The second kappa shape index (κ2) is 4.30. The Hall–Kier alpha value is -1.90. The molecule has 3 heteroatoms. The predicted octanol–water partition coefficient (Wildman–Crippen LogP) is 5.59. The topological polar surface area (TPSA) is 17.1 Å². The molecule has 0 spiro atoms. The van der Waals surface area contributed by atoms with Gasteiger partial charge in [-0.25, -0.2) is 0 Å². The van der Waals surface area contributed by atoms with Crippen molar-refractivity contribution < 1.29 is 4.79 Å². The zero-order valence-corrected chi connectivity index (χ0v) is 12.0. The standard InChI is InChI=1S/C17H9ClOS/c18-17(19)13-9-15-16(11-6-2-1-5-10(11)13)12-7-3-4-8-14(12)20-15/h1-9H. The number of halogens is 1. The van der Waals surface area contributed by atoms with Gasteiger partial charge in [0.15, 0.2) is 0 Å². The quantitative estimate of drug-likeness (QED) is 0.419. The third-order valence-corrected chi connectivity index (χ3v) is 4.92. The Bertz CT molecular complexity index is 984. The maximum atomic E-state index is 11.7. The molecule has 0 amide bonds. The predicted molar refractivity (Wildman–Crippen MR) is 87.0 cm³/mol. The summed E-state index contributed by atoms with van der Waals surface area (Å²) in [5.74, 6) is 0. The van der Waals surface area contributed by atoms with E-state index < -0.39 is 5.24 Å². The zero-order chi connectivity index (χ0) is 13.7. The van der Waals surface area contributed by atoms with E-state index in [0.717, 1.165) is 15.5 Å². The van der Waals surface area contributed by atoms with Gasteiger partial charge in [0, 0.05) is 25.7 Å². The molecule has 1 nitrogen and oxygen atoms in total. The number of carbonyl (C=O) groups is 1. The van der Waals surface area contributed by atoms with Crippen LogP contribution < -0.4 is 0 Å². The van der Waals surface area contributed by atoms with Crippen molar-refractivity contribution in [2.45, 2.75) is 0 Å². The van der Waals surface area contributed by atoms with Gasteiger partial charge in [-0.05, 0) is 34.5 Å². The summed E-state index contributed by atoms with van der Waals surface area (Å²) in [5.41, 5.74) is 0.585. The fourth-order valence-corrected chi connectivity index (χ4v) is 4.07. The monoisotopic (exact) mass is 296 g/mol. The van der Waals surface area contributed by atoms with E-state index in [4.69, 9.17) is 11.6 Å². The number of benzene rings is 3. The fourth-order valence-electron chi connectivity index (χ4n) is 2.75. The fraction of sp³-hybridized carbons (Fsp3) is 0. The lowest BCUT2D eigenvalue weighted by molar-refractivity contribution is 0.108. The molecule has 1 heterocycles. The number of fused-ring (bicyclic) bond motifs is 5. The highest BCUT2D eigenvalue weighted by Gasteiger charge is 2.14. The van der Waals surface area contributed by atoms with Crippen molar-refractivity contribution >= 4 is 59.1 Å². The average molecular weight is 297 g/mol. The number of rotatable bonds is 1. The van der Waals surface area contributed by atoms with Gasteiger partial charge in [-0.1, -0.05) is 42.5 Å². The Kier molecular flexibility index (Phi) is 2.56. The summed E-state index contributed by atoms with van der Waals surface area (Å²) in [5, 5.41) is 4.05. The largest absolute Gasteiger partial charge is 0.276 e. The lowest BCUT2D eigenvalue weighted by Crippen LogP contribution is -1.90. The SMILES string of the molecule is O=C(Cl)c1cc2sc3ccccc3c2c2ccccc12. The molecule has 0 saturated heterocycles. The van der Waals surface area contributed by atoms with Gasteiger partial charge in [-0.3, -0.25) is 4.79 Å². The first-order valence-electron chi connectivity index (χ1n) is 6.28. The summed E-state index contributed by atoms with van der Waals surface area (Å²) < 4.78 is 2.33. The van der Waals surface area contributed by atoms with Crippen molar-refractivity contribution in [3.05, 3.63) is 60.2 Å². The van der Waals surface area contributed by atoms with Crippen LogP contribution in [0.15, 0.2) is 54.6 Å². The minimum absolute atomic E-state index is 0.402. The molecular weight excluding hydrogens is 288 g/mol. The van der Waals surface area contributed by atoms with E-state index in [1.165, 1.54) is 15.5 Å². The summed E-state index contributed by atoms with van der Waals surface area (Å²) in [6.07, 6.45) is 0. The number of hydrogen-bond donors (Lipinski definition) is 0. The van der Waals surface area contributed by atoms with E-state index in [1.807, 2.05) is 36.4 Å². The summed E-state index contributed by atoms with van der Waals surface area (Å²) in [7, 11) is 0. The molecule has 20 heavy (non-hydrogen) atoms. The highest BCUT2D eigenvalue weighted by molar-refractivity contribution is 7.26. The van der Waals surface area contributed by atoms with Crippen molar-refractivity contribution in [3.8, 4) is 0 Å². The highest BCUT2D eigenvalue weighted by atomic mass is 35.5. The van der Waals surface area contributed by atoms with Crippen LogP contribution in [0, 0.1) is 0 Å². The van der Waals surface area contributed by atoms with Crippen LogP contribution in [0.3, 0.4) is 0 Å². The zero-order valence-electron chi connectivity index (χ0n) is 10.4. The Labute approximate surface area is 124 Å². The van der Waals surface area contributed by atoms with E-state index in [-0.39, 0.29) is 0 Å². The van der Waals surface area contributed by atoms with E-state index in [2.05, 4.69) is 18.2 Å². The van der Waals surface area contributed by atoms with Crippen molar-refractivity contribution in [2.24, 2.45) is 0 Å². The molecule has 0 aliphatic heterocycles. The van der Waals surface area contributed by atoms with Crippen molar-refractivity contribution in [1.29, 1.82) is 0 Å². The molecule has 4 aromatic rings. The first-order chi connectivity index (χ1) is 9.75. The summed E-state index contributed by atoms with van der Waals surface area (Å²) in [4.78, 5) is 11.7. The molecule has 3 aromatic carbocycles. The normalized spacial score (nSPS) is 11.4. The van der Waals surface area contributed by atoms with E-state index in [9.17, 15) is 4.79 Å². The molecule has 0 saturated carbocycles. The molecule has 0 unspecified atom stereocenters. The Balaban J connectivity index is 2.34. The molecule has 0 aliphatic rings. The minimum Gasteiger partial charge on any atom is -0.276 e. The molecule has 0 aliphatic carbocycles. The lowest BCUT2D eigenvalue weighted by atomic mass is 10.00. The van der Waals surface area contributed by atoms with Gasteiger partial charge in [0.05, 0.1) is 0 Å². The van der Waals surface area contributed by atoms with Crippen LogP contribution in [0.5, 0.6) is 0 Å². The lowest BCUT2D eigenvalue weighted by Gasteiger charge is -2.04. The molecule has 96 valence electrons. The number of hydrogen-bond acceptors (Lipinski definition) is 2.